The Labute approximate surface area is 113 Å². The number of hydrogen-bond acceptors (Lipinski definition) is 3. The molecule has 1 N–H and O–H groups in total. The van der Waals surface area contributed by atoms with Crippen LogP contribution in [0.5, 0.6) is 0 Å². The molecule has 5 nitrogen and oxygen atoms in total. The van der Waals surface area contributed by atoms with Crippen molar-refractivity contribution in [1.29, 1.82) is 0 Å². The first-order valence-corrected chi connectivity index (χ1v) is 7.14. The molecule has 0 aromatic heterocycles. The van der Waals surface area contributed by atoms with E-state index in [0.717, 1.165) is 9.87 Å². The molecule has 0 aliphatic rings. The fourth-order valence-electron chi connectivity index (χ4n) is 1.35. The van der Waals surface area contributed by atoms with Crippen molar-refractivity contribution in [3.63, 3.8) is 0 Å². The molecule has 1 aromatic carbocycles. The first kappa shape index (κ1) is 15.4. The van der Waals surface area contributed by atoms with E-state index < -0.39 is 10.2 Å². The summed E-state index contributed by atoms with van der Waals surface area (Å²) >= 11 is 5.88. The SMILES string of the molecule is COC(CNS(=O)(=O)N(C)C)c1cccc(Cl)c1. The largest absolute Gasteiger partial charge is 0.375 e. The van der Waals surface area contributed by atoms with Crippen molar-refractivity contribution in [1.82, 2.24) is 9.03 Å². The zero-order chi connectivity index (χ0) is 13.8. The summed E-state index contributed by atoms with van der Waals surface area (Å²) < 4.78 is 32.0. The maximum absolute atomic E-state index is 11.6. The normalized spacial score (nSPS) is 13.8. The number of nitrogens with zero attached hydrogens (tertiary/aromatic N) is 1. The van der Waals surface area contributed by atoms with Gasteiger partial charge in [-0.15, -0.1) is 0 Å². The molecule has 0 bridgehead atoms. The second-order valence-corrected chi connectivity index (χ2v) is 6.32. The van der Waals surface area contributed by atoms with Gasteiger partial charge in [0.1, 0.15) is 0 Å². The molecule has 18 heavy (non-hydrogen) atoms. The van der Waals surface area contributed by atoms with E-state index in [0.29, 0.717) is 5.02 Å². The minimum Gasteiger partial charge on any atom is -0.375 e. The highest BCUT2D eigenvalue weighted by Gasteiger charge is 2.17. The highest BCUT2D eigenvalue weighted by Crippen LogP contribution is 2.19. The lowest BCUT2D eigenvalue weighted by atomic mass is 10.1. The highest BCUT2D eigenvalue weighted by atomic mass is 35.5. The topological polar surface area (TPSA) is 58.6 Å². The van der Waals surface area contributed by atoms with Crippen molar-refractivity contribution < 1.29 is 13.2 Å². The second-order valence-electron chi connectivity index (χ2n) is 3.92. The van der Waals surface area contributed by atoms with Crippen LogP contribution in [0.2, 0.25) is 5.02 Å². The third-order valence-corrected chi connectivity index (χ3v) is 4.16. The van der Waals surface area contributed by atoms with Crippen molar-refractivity contribution in [3.05, 3.63) is 34.9 Å². The number of halogens is 1. The maximum atomic E-state index is 11.6. The van der Waals surface area contributed by atoms with Gasteiger partial charge in [-0.3, -0.25) is 0 Å². The van der Waals surface area contributed by atoms with Crippen molar-refractivity contribution in [2.75, 3.05) is 27.7 Å². The molecular formula is C11H17ClN2O3S. The minimum atomic E-state index is -3.45. The molecule has 0 spiro atoms. The fraction of sp³-hybridized carbons (Fsp3) is 0.455. The van der Waals surface area contributed by atoms with E-state index in [4.69, 9.17) is 16.3 Å². The molecule has 102 valence electrons. The van der Waals surface area contributed by atoms with Gasteiger partial charge >= 0.3 is 0 Å². The average molecular weight is 293 g/mol. The molecule has 0 saturated carbocycles. The van der Waals surface area contributed by atoms with E-state index >= 15 is 0 Å². The molecule has 1 aromatic rings. The zero-order valence-corrected chi connectivity index (χ0v) is 12.1. The lowest BCUT2D eigenvalue weighted by molar-refractivity contribution is 0.107. The lowest BCUT2D eigenvalue weighted by Gasteiger charge is -2.18. The summed E-state index contributed by atoms with van der Waals surface area (Å²) in [7, 11) is 0.996. The van der Waals surface area contributed by atoms with Gasteiger partial charge in [0.25, 0.3) is 10.2 Å². The number of benzene rings is 1. The summed E-state index contributed by atoms with van der Waals surface area (Å²) in [6.45, 7) is 0.150. The smallest absolute Gasteiger partial charge is 0.279 e. The first-order valence-electron chi connectivity index (χ1n) is 5.32. The van der Waals surface area contributed by atoms with Gasteiger partial charge in [-0.2, -0.15) is 17.4 Å². The molecule has 1 atom stereocenters. The summed E-state index contributed by atoms with van der Waals surface area (Å²) in [6, 6.07) is 7.13. The Bertz CT molecular complexity index is 491. The van der Waals surface area contributed by atoms with E-state index in [1.807, 2.05) is 6.07 Å². The third-order valence-electron chi connectivity index (χ3n) is 2.44. The van der Waals surface area contributed by atoms with Crippen molar-refractivity contribution in [3.8, 4) is 0 Å². The standard InChI is InChI=1S/C11H17ClN2O3S/c1-14(2)18(15,16)13-8-11(17-3)9-5-4-6-10(12)7-9/h4-7,11,13H,8H2,1-3H3. The van der Waals surface area contributed by atoms with Gasteiger partial charge in [0, 0.05) is 32.8 Å². The Kier molecular flexibility index (Phi) is 5.55. The van der Waals surface area contributed by atoms with Crippen LogP contribution in [0.4, 0.5) is 0 Å². The van der Waals surface area contributed by atoms with Gasteiger partial charge < -0.3 is 4.74 Å². The number of methoxy groups -OCH3 is 1. The number of ether oxygens (including phenoxy) is 1. The molecule has 0 saturated heterocycles. The van der Waals surface area contributed by atoms with Gasteiger partial charge in [0.05, 0.1) is 6.10 Å². The van der Waals surface area contributed by atoms with E-state index in [1.54, 1.807) is 18.2 Å². The number of hydrogen-bond donors (Lipinski definition) is 1. The van der Waals surface area contributed by atoms with Crippen molar-refractivity contribution in [2.45, 2.75) is 6.10 Å². The van der Waals surface area contributed by atoms with Crippen LogP contribution in [-0.4, -0.2) is 40.5 Å². The van der Waals surface area contributed by atoms with Gasteiger partial charge in [-0.1, -0.05) is 23.7 Å². The van der Waals surface area contributed by atoms with Gasteiger partial charge in [0.15, 0.2) is 0 Å². The van der Waals surface area contributed by atoms with Crippen LogP contribution in [-0.2, 0) is 14.9 Å². The van der Waals surface area contributed by atoms with Crippen LogP contribution in [0.3, 0.4) is 0 Å². The second kappa shape index (κ2) is 6.49. The summed E-state index contributed by atoms with van der Waals surface area (Å²) in [4.78, 5) is 0. The van der Waals surface area contributed by atoms with Crippen LogP contribution in [0.1, 0.15) is 11.7 Å². The monoisotopic (exact) mass is 292 g/mol. The molecule has 1 unspecified atom stereocenters. The molecule has 0 fully saturated rings. The van der Waals surface area contributed by atoms with Crippen LogP contribution in [0.25, 0.3) is 0 Å². The molecular weight excluding hydrogens is 276 g/mol. The molecule has 0 aliphatic heterocycles. The summed E-state index contributed by atoms with van der Waals surface area (Å²) in [5.41, 5.74) is 0.825. The molecule has 0 amide bonds. The van der Waals surface area contributed by atoms with Crippen molar-refractivity contribution in [2.24, 2.45) is 0 Å². The van der Waals surface area contributed by atoms with E-state index in [-0.39, 0.29) is 12.6 Å². The zero-order valence-electron chi connectivity index (χ0n) is 10.6. The Morgan fingerprint density at radius 1 is 1.44 bits per heavy atom. The Morgan fingerprint density at radius 2 is 2.11 bits per heavy atom. The Hall–Kier alpha value is -0.660. The first-order chi connectivity index (χ1) is 8.36. The fourth-order valence-corrected chi connectivity index (χ4v) is 2.17. The molecule has 0 heterocycles. The van der Waals surface area contributed by atoms with E-state index in [1.165, 1.54) is 21.2 Å². The predicted molar refractivity (Wildman–Crippen MR) is 71.8 cm³/mol. The molecule has 7 heteroatoms. The quantitative estimate of drug-likeness (QED) is 0.863. The van der Waals surface area contributed by atoms with Gasteiger partial charge in [-0.05, 0) is 17.7 Å². The van der Waals surface area contributed by atoms with E-state index in [9.17, 15) is 8.42 Å². The molecule has 0 aliphatic carbocycles. The van der Waals surface area contributed by atoms with Gasteiger partial charge in [0.2, 0.25) is 0 Å². The van der Waals surface area contributed by atoms with Crippen LogP contribution < -0.4 is 4.72 Å². The third kappa shape index (κ3) is 4.22. The maximum Gasteiger partial charge on any atom is 0.279 e. The lowest BCUT2D eigenvalue weighted by Crippen LogP contribution is -2.38. The minimum absolute atomic E-state index is 0.150. The Balaban J connectivity index is 2.75. The molecule has 0 radical (unpaired) electrons. The number of nitrogens with one attached hydrogen (secondary N) is 1. The summed E-state index contributed by atoms with van der Waals surface area (Å²) in [6.07, 6.45) is -0.376. The van der Waals surface area contributed by atoms with Gasteiger partial charge in [-0.25, -0.2) is 0 Å². The molecule has 1 rings (SSSR count). The van der Waals surface area contributed by atoms with Crippen LogP contribution in [0, 0.1) is 0 Å². The Morgan fingerprint density at radius 3 is 2.61 bits per heavy atom. The van der Waals surface area contributed by atoms with Crippen LogP contribution >= 0.6 is 11.6 Å². The number of rotatable bonds is 6. The van der Waals surface area contributed by atoms with Crippen LogP contribution in [0.15, 0.2) is 24.3 Å². The highest BCUT2D eigenvalue weighted by molar-refractivity contribution is 7.87. The summed E-state index contributed by atoms with van der Waals surface area (Å²) in [5.74, 6) is 0. The van der Waals surface area contributed by atoms with Crippen molar-refractivity contribution >= 4 is 21.8 Å². The predicted octanol–water partition coefficient (Wildman–Crippen LogP) is 1.42. The average Bonchev–Trinajstić information content (AvgIpc) is 2.29. The van der Waals surface area contributed by atoms with E-state index in [2.05, 4.69) is 4.72 Å². The summed E-state index contributed by atoms with van der Waals surface area (Å²) in [5, 5.41) is 0.588.